The van der Waals surface area contributed by atoms with E-state index in [1.807, 2.05) is 58.0 Å². The smallest absolute Gasteiger partial charge is 0.139 e. The highest BCUT2D eigenvalue weighted by Gasteiger charge is 2.16. The molecule has 0 spiro atoms. The molecular weight excluding hydrogens is 406 g/mol. The summed E-state index contributed by atoms with van der Waals surface area (Å²) in [7, 11) is 0. The number of aliphatic hydroxyl groups is 2. The number of pyridine rings is 1. The second-order valence-corrected chi connectivity index (χ2v) is 8.04. The fraction of sp³-hybridized carbons (Fsp3) is 0.304. The number of imidazole rings is 1. The molecule has 0 saturated heterocycles. The van der Waals surface area contributed by atoms with Crippen LogP contribution in [-0.4, -0.2) is 57.3 Å². The van der Waals surface area contributed by atoms with Gasteiger partial charge in [-0.3, -0.25) is 9.39 Å². The molecule has 2 aromatic heterocycles. The van der Waals surface area contributed by atoms with Crippen LogP contribution in [0.25, 0.3) is 16.9 Å². The van der Waals surface area contributed by atoms with Crippen LogP contribution < -0.4 is 22.1 Å². The van der Waals surface area contributed by atoms with Gasteiger partial charge in [-0.05, 0) is 38.1 Å². The lowest BCUT2D eigenvalue weighted by Crippen LogP contribution is -2.32. The Balaban J connectivity index is 1.84. The Labute approximate surface area is 187 Å². The first-order valence-electron chi connectivity index (χ1n) is 10.4. The van der Waals surface area contributed by atoms with Gasteiger partial charge in [0.2, 0.25) is 0 Å². The Bertz CT molecular complexity index is 1110. The van der Waals surface area contributed by atoms with Gasteiger partial charge in [0, 0.05) is 42.3 Å². The Kier molecular flexibility index (Phi) is 7.01. The first-order chi connectivity index (χ1) is 15.2. The normalized spacial score (nSPS) is 13.0. The Morgan fingerprint density at radius 1 is 1.16 bits per heavy atom. The molecule has 1 aromatic carbocycles. The zero-order chi connectivity index (χ0) is 23.3. The van der Waals surface area contributed by atoms with Crippen molar-refractivity contribution < 1.29 is 10.2 Å². The van der Waals surface area contributed by atoms with Crippen molar-refractivity contribution in [2.45, 2.75) is 19.4 Å². The number of nitrogens with two attached hydrogens (primary N) is 3. The maximum Gasteiger partial charge on any atom is 0.139 e. The largest absolute Gasteiger partial charge is 0.400 e. The van der Waals surface area contributed by atoms with Gasteiger partial charge in [-0.15, -0.1) is 0 Å². The van der Waals surface area contributed by atoms with Crippen molar-refractivity contribution in [1.29, 1.82) is 0 Å². The van der Waals surface area contributed by atoms with Crippen LogP contribution in [0.2, 0.25) is 0 Å². The van der Waals surface area contributed by atoms with Crippen LogP contribution in [0.1, 0.15) is 13.8 Å². The second-order valence-electron chi connectivity index (χ2n) is 8.04. The van der Waals surface area contributed by atoms with Gasteiger partial charge < -0.3 is 32.3 Å². The van der Waals surface area contributed by atoms with Crippen LogP contribution in [0.3, 0.4) is 0 Å². The van der Waals surface area contributed by atoms with E-state index < -0.39 is 5.60 Å². The van der Waals surface area contributed by atoms with E-state index in [4.69, 9.17) is 22.2 Å². The molecule has 0 radical (unpaired) electrons. The molecule has 9 heteroatoms. The molecule has 0 saturated carbocycles. The number of aliphatic imine (C=N–C) groups is 1. The molecule has 0 unspecified atom stereocenters. The molecule has 170 valence electrons. The van der Waals surface area contributed by atoms with Gasteiger partial charge in [-0.2, -0.15) is 0 Å². The third kappa shape index (κ3) is 5.57. The summed E-state index contributed by atoms with van der Waals surface area (Å²) in [6, 6.07) is 13.4. The first-order valence-corrected chi connectivity index (χ1v) is 10.4. The molecule has 0 aliphatic rings. The van der Waals surface area contributed by atoms with Gasteiger partial charge >= 0.3 is 0 Å². The summed E-state index contributed by atoms with van der Waals surface area (Å²) in [5.74, 6) is 1.12. The minimum atomic E-state index is -1.16. The van der Waals surface area contributed by atoms with Crippen LogP contribution >= 0.6 is 0 Å². The molecule has 3 aromatic rings. The number of hydrogen-bond acceptors (Lipinski definition) is 7. The summed E-state index contributed by atoms with van der Waals surface area (Å²) in [5.41, 5.74) is 19.9. The third-order valence-electron chi connectivity index (χ3n) is 5.05. The maximum atomic E-state index is 9.91. The van der Waals surface area contributed by atoms with Crippen molar-refractivity contribution in [3.05, 3.63) is 60.4 Å². The number of nitrogen functional groups attached to an aromatic ring is 1. The van der Waals surface area contributed by atoms with E-state index in [9.17, 15) is 10.2 Å². The monoisotopic (exact) mass is 437 g/mol. The average Bonchev–Trinajstić information content (AvgIpc) is 3.17. The van der Waals surface area contributed by atoms with Gasteiger partial charge in [-0.25, -0.2) is 4.98 Å². The van der Waals surface area contributed by atoms with Gasteiger partial charge in [-0.1, -0.05) is 18.2 Å². The highest BCUT2D eigenvalue weighted by atomic mass is 16.3. The molecule has 0 aliphatic carbocycles. The summed E-state index contributed by atoms with van der Waals surface area (Å²) in [5, 5.41) is 19.5. The van der Waals surface area contributed by atoms with E-state index in [2.05, 4.69) is 4.99 Å². The number of fused-ring (bicyclic) bond motifs is 1. The Morgan fingerprint density at radius 2 is 1.88 bits per heavy atom. The summed E-state index contributed by atoms with van der Waals surface area (Å²) < 4.78 is 1.99. The van der Waals surface area contributed by atoms with Crippen molar-refractivity contribution in [2.24, 2.45) is 16.5 Å². The highest BCUT2D eigenvalue weighted by Crippen LogP contribution is 2.24. The number of amidine groups is 1. The van der Waals surface area contributed by atoms with E-state index in [-0.39, 0.29) is 18.1 Å². The average molecular weight is 438 g/mol. The van der Waals surface area contributed by atoms with Crippen molar-refractivity contribution in [1.82, 2.24) is 9.38 Å². The number of benzene rings is 1. The molecular formula is C23H31N7O2. The predicted molar refractivity (Wildman–Crippen MR) is 129 cm³/mol. The summed E-state index contributed by atoms with van der Waals surface area (Å²) >= 11 is 0. The quantitative estimate of drug-likeness (QED) is 0.192. The topological polar surface area (TPSA) is 151 Å². The lowest BCUT2D eigenvalue weighted by Gasteiger charge is -2.24. The first kappa shape index (κ1) is 23.1. The molecule has 2 heterocycles. The fourth-order valence-corrected chi connectivity index (χ4v) is 3.19. The van der Waals surface area contributed by atoms with Crippen LogP contribution in [0.5, 0.6) is 0 Å². The number of rotatable bonds is 9. The highest BCUT2D eigenvalue weighted by molar-refractivity contribution is 5.92. The number of aromatic nitrogens is 2. The minimum absolute atomic E-state index is 0.0132. The van der Waals surface area contributed by atoms with Crippen molar-refractivity contribution in [3.8, 4) is 11.3 Å². The molecule has 9 nitrogen and oxygen atoms in total. The molecule has 0 amide bonds. The fourth-order valence-electron chi connectivity index (χ4n) is 3.19. The van der Waals surface area contributed by atoms with E-state index in [0.29, 0.717) is 25.3 Å². The third-order valence-corrected chi connectivity index (χ3v) is 5.05. The molecule has 0 bridgehead atoms. The predicted octanol–water partition coefficient (Wildman–Crippen LogP) is 1.35. The number of anilines is 2. The van der Waals surface area contributed by atoms with E-state index in [1.54, 1.807) is 13.8 Å². The molecule has 0 fully saturated rings. The van der Waals surface area contributed by atoms with Crippen LogP contribution in [-0.2, 0) is 0 Å². The van der Waals surface area contributed by atoms with E-state index >= 15 is 0 Å². The lowest BCUT2D eigenvalue weighted by atomic mass is 10.1. The van der Waals surface area contributed by atoms with E-state index in [1.165, 1.54) is 6.08 Å². The molecule has 8 N–H and O–H groups in total. The van der Waals surface area contributed by atoms with Crippen molar-refractivity contribution >= 4 is 23.0 Å². The molecule has 3 rings (SSSR count). The molecule has 0 atom stereocenters. The SMILES string of the molecule is CC(C)(O)C(N)=CC(N)=NCCN(CCO)c1cccc2nc(-c3ccc(N)cc3)cn12. The number of hydrogen-bond donors (Lipinski definition) is 5. The summed E-state index contributed by atoms with van der Waals surface area (Å²) in [6.45, 7) is 4.48. The standard InChI is InChI=1S/C23H31N7O2/c1-23(2,32)19(25)14-20(26)27-10-11-29(12-13-31)22-5-3-4-21-28-18(15-30(21)22)16-6-8-17(24)9-7-16/h3-9,14-15,31-32H,10-13,24-25H2,1-2H3,(H2,26,27). The number of aliphatic hydroxyl groups excluding tert-OH is 1. The zero-order valence-electron chi connectivity index (χ0n) is 18.4. The second kappa shape index (κ2) is 9.71. The van der Waals surface area contributed by atoms with Crippen LogP contribution in [0.4, 0.5) is 11.5 Å². The van der Waals surface area contributed by atoms with Gasteiger partial charge in [0.05, 0.1) is 24.4 Å². The number of nitrogens with zero attached hydrogens (tertiary/aromatic N) is 4. The van der Waals surface area contributed by atoms with Gasteiger partial charge in [0.25, 0.3) is 0 Å². The van der Waals surface area contributed by atoms with Crippen molar-refractivity contribution in [2.75, 3.05) is 36.9 Å². The molecule has 32 heavy (non-hydrogen) atoms. The maximum absolute atomic E-state index is 9.91. The van der Waals surface area contributed by atoms with Crippen molar-refractivity contribution in [3.63, 3.8) is 0 Å². The van der Waals surface area contributed by atoms with Crippen LogP contribution in [0.15, 0.2) is 65.4 Å². The minimum Gasteiger partial charge on any atom is -0.400 e. The Morgan fingerprint density at radius 3 is 2.53 bits per heavy atom. The van der Waals surface area contributed by atoms with Gasteiger partial charge in [0.1, 0.15) is 17.3 Å². The van der Waals surface area contributed by atoms with Gasteiger partial charge in [0.15, 0.2) is 0 Å². The summed E-state index contributed by atoms with van der Waals surface area (Å²) in [6.07, 6.45) is 3.43. The van der Waals surface area contributed by atoms with E-state index in [0.717, 1.165) is 22.7 Å². The lowest BCUT2D eigenvalue weighted by molar-refractivity contribution is 0.118. The molecule has 0 aliphatic heterocycles. The zero-order valence-corrected chi connectivity index (χ0v) is 18.4. The summed E-state index contributed by atoms with van der Waals surface area (Å²) in [4.78, 5) is 11.1. The Hall–Kier alpha value is -3.56. The van der Waals surface area contributed by atoms with Crippen LogP contribution in [0, 0.1) is 0 Å².